The van der Waals surface area contributed by atoms with Crippen LogP contribution < -0.4 is 10.6 Å². The quantitative estimate of drug-likeness (QED) is 0.817. The highest BCUT2D eigenvalue weighted by Crippen LogP contribution is 2.12. The number of nitrogens with one attached hydrogen (secondary N) is 2. The molecule has 2 heterocycles. The first kappa shape index (κ1) is 16.4. The average molecular weight is 330 g/mol. The van der Waals surface area contributed by atoms with E-state index in [1.165, 1.54) is 0 Å². The minimum Gasteiger partial charge on any atom is -0.344 e. The minimum atomic E-state index is -0.370. The molecule has 24 heavy (non-hydrogen) atoms. The minimum absolute atomic E-state index is 0.00534. The predicted molar refractivity (Wildman–Crippen MR) is 89.3 cm³/mol. The van der Waals surface area contributed by atoms with Crippen LogP contribution in [0.5, 0.6) is 0 Å². The number of nitrogens with zero attached hydrogens (tertiary/aromatic N) is 2. The lowest BCUT2D eigenvalue weighted by Crippen LogP contribution is -2.54. The number of carbonyl (C=O) groups excluding carboxylic acids is 3. The number of rotatable bonds is 4. The number of hydrogen-bond acceptors (Lipinski definition) is 4. The highest BCUT2D eigenvalue weighted by molar-refractivity contribution is 5.92. The SMILES string of the molecule is O=C(CN1CCN(C(=O)C2CCC(=O)N2)CC1)Nc1ccccc1. The first-order valence-corrected chi connectivity index (χ1v) is 8.27. The van der Waals surface area contributed by atoms with Crippen LogP contribution in [0.25, 0.3) is 0 Å². The Morgan fingerprint density at radius 2 is 1.83 bits per heavy atom. The van der Waals surface area contributed by atoms with E-state index in [-0.39, 0.29) is 23.8 Å². The summed E-state index contributed by atoms with van der Waals surface area (Å²) in [5, 5.41) is 5.58. The van der Waals surface area contributed by atoms with Crippen LogP contribution in [0.1, 0.15) is 12.8 Å². The molecule has 0 aromatic heterocycles. The first-order chi connectivity index (χ1) is 11.6. The monoisotopic (exact) mass is 330 g/mol. The molecule has 0 spiro atoms. The molecule has 0 aliphatic carbocycles. The lowest BCUT2D eigenvalue weighted by molar-refractivity contribution is -0.136. The second-order valence-electron chi connectivity index (χ2n) is 6.17. The number of hydrogen-bond donors (Lipinski definition) is 2. The summed E-state index contributed by atoms with van der Waals surface area (Å²) in [5.74, 6) is -0.108. The molecule has 7 nitrogen and oxygen atoms in total. The average Bonchev–Trinajstić information content (AvgIpc) is 3.02. The van der Waals surface area contributed by atoms with E-state index in [4.69, 9.17) is 0 Å². The van der Waals surface area contributed by atoms with E-state index in [1.54, 1.807) is 4.90 Å². The van der Waals surface area contributed by atoms with Crippen LogP contribution in [-0.2, 0) is 14.4 Å². The van der Waals surface area contributed by atoms with Gasteiger partial charge in [0.1, 0.15) is 6.04 Å². The number of amides is 3. The van der Waals surface area contributed by atoms with Gasteiger partial charge in [-0.15, -0.1) is 0 Å². The smallest absolute Gasteiger partial charge is 0.245 e. The van der Waals surface area contributed by atoms with Gasteiger partial charge in [0.05, 0.1) is 6.54 Å². The summed E-state index contributed by atoms with van der Waals surface area (Å²) in [4.78, 5) is 39.4. The topological polar surface area (TPSA) is 81.8 Å². The van der Waals surface area contributed by atoms with Crippen molar-refractivity contribution in [3.63, 3.8) is 0 Å². The third-order valence-corrected chi connectivity index (χ3v) is 4.40. The molecule has 3 amide bonds. The van der Waals surface area contributed by atoms with Crippen LogP contribution in [-0.4, -0.2) is 66.3 Å². The van der Waals surface area contributed by atoms with Crippen molar-refractivity contribution in [3.05, 3.63) is 30.3 Å². The van der Waals surface area contributed by atoms with Gasteiger partial charge in [-0.25, -0.2) is 0 Å². The first-order valence-electron chi connectivity index (χ1n) is 8.27. The van der Waals surface area contributed by atoms with Crippen molar-refractivity contribution in [1.29, 1.82) is 0 Å². The second-order valence-corrected chi connectivity index (χ2v) is 6.17. The Morgan fingerprint density at radius 3 is 2.46 bits per heavy atom. The lowest BCUT2D eigenvalue weighted by Gasteiger charge is -2.35. The van der Waals surface area contributed by atoms with E-state index in [9.17, 15) is 14.4 Å². The molecule has 2 fully saturated rings. The lowest BCUT2D eigenvalue weighted by atomic mass is 10.2. The van der Waals surface area contributed by atoms with Crippen LogP contribution in [0, 0.1) is 0 Å². The molecule has 3 rings (SSSR count). The van der Waals surface area contributed by atoms with Crippen molar-refractivity contribution >= 4 is 23.4 Å². The molecule has 128 valence electrons. The van der Waals surface area contributed by atoms with E-state index < -0.39 is 0 Å². The van der Waals surface area contributed by atoms with Gasteiger partial charge in [0.2, 0.25) is 17.7 Å². The molecule has 0 radical (unpaired) electrons. The second kappa shape index (κ2) is 7.44. The van der Waals surface area contributed by atoms with Crippen molar-refractivity contribution in [2.24, 2.45) is 0 Å². The molecule has 1 aromatic carbocycles. The zero-order chi connectivity index (χ0) is 16.9. The number of para-hydroxylation sites is 1. The molecule has 2 aliphatic rings. The zero-order valence-corrected chi connectivity index (χ0v) is 13.5. The summed E-state index contributed by atoms with van der Waals surface area (Å²) in [6, 6.07) is 8.99. The van der Waals surface area contributed by atoms with Crippen molar-refractivity contribution in [2.45, 2.75) is 18.9 Å². The van der Waals surface area contributed by atoms with Gasteiger partial charge in [0.15, 0.2) is 0 Å². The Hall–Kier alpha value is -2.41. The largest absolute Gasteiger partial charge is 0.344 e. The van der Waals surface area contributed by atoms with Crippen molar-refractivity contribution in [2.75, 3.05) is 38.0 Å². The molecule has 0 saturated carbocycles. The van der Waals surface area contributed by atoms with Gasteiger partial charge in [-0.3, -0.25) is 19.3 Å². The molecule has 2 N–H and O–H groups in total. The normalized spacial score (nSPS) is 21.4. The van der Waals surface area contributed by atoms with Gasteiger partial charge in [0.25, 0.3) is 0 Å². The van der Waals surface area contributed by atoms with Crippen molar-refractivity contribution < 1.29 is 14.4 Å². The summed E-state index contributed by atoms with van der Waals surface area (Å²) in [5.41, 5.74) is 0.785. The zero-order valence-electron chi connectivity index (χ0n) is 13.5. The third kappa shape index (κ3) is 4.11. The maximum Gasteiger partial charge on any atom is 0.245 e. The third-order valence-electron chi connectivity index (χ3n) is 4.40. The number of benzene rings is 1. The fourth-order valence-corrected chi connectivity index (χ4v) is 3.07. The van der Waals surface area contributed by atoms with Gasteiger partial charge in [-0.05, 0) is 18.6 Å². The van der Waals surface area contributed by atoms with Crippen LogP contribution in [0.4, 0.5) is 5.69 Å². The highest BCUT2D eigenvalue weighted by Gasteiger charge is 2.32. The van der Waals surface area contributed by atoms with E-state index in [0.29, 0.717) is 45.6 Å². The van der Waals surface area contributed by atoms with Gasteiger partial charge in [0, 0.05) is 38.3 Å². The van der Waals surface area contributed by atoms with Crippen LogP contribution >= 0.6 is 0 Å². The number of anilines is 1. The van der Waals surface area contributed by atoms with Crippen LogP contribution in [0.2, 0.25) is 0 Å². The molecule has 1 aromatic rings. The van der Waals surface area contributed by atoms with E-state index in [1.807, 2.05) is 35.2 Å². The summed E-state index contributed by atoms with van der Waals surface area (Å²) < 4.78 is 0. The Balaban J connectivity index is 1.42. The Kier molecular flexibility index (Phi) is 5.10. The van der Waals surface area contributed by atoms with Gasteiger partial charge in [-0.2, -0.15) is 0 Å². The Morgan fingerprint density at radius 1 is 1.12 bits per heavy atom. The molecule has 1 unspecified atom stereocenters. The summed E-state index contributed by atoms with van der Waals surface area (Å²) in [6.45, 7) is 2.81. The van der Waals surface area contributed by atoms with Crippen LogP contribution in [0.15, 0.2) is 30.3 Å². The standard InChI is InChI=1S/C17H22N4O3/c22-15-7-6-14(19-15)17(24)21-10-8-20(9-11-21)12-16(23)18-13-4-2-1-3-5-13/h1-5,14H,6-12H2,(H,18,23)(H,19,22). The molecule has 2 aliphatic heterocycles. The van der Waals surface area contributed by atoms with Gasteiger partial charge in [-0.1, -0.05) is 18.2 Å². The summed E-state index contributed by atoms with van der Waals surface area (Å²) >= 11 is 0. The Bertz CT molecular complexity index is 612. The molecule has 7 heteroatoms. The van der Waals surface area contributed by atoms with Crippen molar-refractivity contribution in [3.8, 4) is 0 Å². The van der Waals surface area contributed by atoms with Gasteiger partial charge < -0.3 is 15.5 Å². The predicted octanol–water partition coefficient (Wildman–Crippen LogP) is 0.0479. The van der Waals surface area contributed by atoms with E-state index in [2.05, 4.69) is 10.6 Å². The van der Waals surface area contributed by atoms with Crippen molar-refractivity contribution in [1.82, 2.24) is 15.1 Å². The molecule has 1 atom stereocenters. The molecule has 2 saturated heterocycles. The maximum atomic E-state index is 12.3. The highest BCUT2D eigenvalue weighted by atomic mass is 16.2. The van der Waals surface area contributed by atoms with E-state index in [0.717, 1.165) is 5.69 Å². The van der Waals surface area contributed by atoms with Crippen LogP contribution in [0.3, 0.4) is 0 Å². The fraction of sp³-hybridized carbons (Fsp3) is 0.471. The van der Waals surface area contributed by atoms with Gasteiger partial charge >= 0.3 is 0 Å². The fourth-order valence-electron chi connectivity index (χ4n) is 3.07. The number of carbonyl (C=O) groups is 3. The molecular weight excluding hydrogens is 308 g/mol. The maximum absolute atomic E-state index is 12.3. The number of piperazine rings is 1. The Labute approximate surface area is 141 Å². The molecular formula is C17H22N4O3. The van der Waals surface area contributed by atoms with E-state index >= 15 is 0 Å². The molecule has 0 bridgehead atoms. The summed E-state index contributed by atoms with van der Waals surface area (Å²) in [7, 11) is 0. The summed E-state index contributed by atoms with van der Waals surface area (Å²) in [6.07, 6.45) is 1.01.